The van der Waals surface area contributed by atoms with Gasteiger partial charge in [-0.25, -0.2) is 0 Å². The zero-order chi connectivity index (χ0) is 15.1. The van der Waals surface area contributed by atoms with Gasteiger partial charge in [0, 0.05) is 6.42 Å². The molecule has 1 rings (SSSR count). The van der Waals surface area contributed by atoms with E-state index < -0.39 is 0 Å². The molecule has 1 heteroatoms. The number of hydrogen-bond donors (Lipinski definition) is 0. The van der Waals surface area contributed by atoms with Gasteiger partial charge in [-0.05, 0) is 31.4 Å². The topological polar surface area (TPSA) is 9.23 Å². The van der Waals surface area contributed by atoms with Gasteiger partial charge in [-0.1, -0.05) is 68.5 Å². The Morgan fingerprint density at radius 1 is 1.15 bits per heavy atom. The second kappa shape index (κ2) is 7.74. The maximum atomic E-state index is 5.95. The van der Waals surface area contributed by atoms with E-state index >= 15 is 0 Å². The Hall–Kier alpha value is -1.76. The van der Waals surface area contributed by atoms with Crippen LogP contribution in [0.4, 0.5) is 0 Å². The smallest absolute Gasteiger partial charge is 0.122 e. The van der Waals surface area contributed by atoms with E-state index in [0.29, 0.717) is 5.92 Å². The lowest BCUT2D eigenvalue weighted by atomic mass is 10.0. The molecular formula is C19H26O. The molecule has 0 fully saturated rings. The second-order valence-electron chi connectivity index (χ2n) is 5.62. The molecule has 0 spiro atoms. The third kappa shape index (κ3) is 5.48. The van der Waals surface area contributed by atoms with Gasteiger partial charge < -0.3 is 4.74 Å². The number of benzene rings is 1. The normalized spacial score (nSPS) is 12.7. The summed E-state index contributed by atoms with van der Waals surface area (Å²) >= 11 is 0. The number of allylic oxidation sites excluding steroid dienone is 3. The fraction of sp³-hybridized carbons (Fsp3) is 0.368. The summed E-state index contributed by atoms with van der Waals surface area (Å²) in [5.74, 6) is 1.42. The lowest BCUT2D eigenvalue weighted by molar-refractivity contribution is 0.221. The summed E-state index contributed by atoms with van der Waals surface area (Å²) in [4.78, 5) is 0. The van der Waals surface area contributed by atoms with Crippen molar-refractivity contribution in [2.24, 2.45) is 5.92 Å². The molecule has 0 aliphatic carbocycles. The van der Waals surface area contributed by atoms with Crippen LogP contribution in [0.5, 0.6) is 5.75 Å². The van der Waals surface area contributed by atoms with E-state index in [4.69, 9.17) is 4.74 Å². The Bertz CT molecular complexity index is 494. The summed E-state index contributed by atoms with van der Waals surface area (Å²) in [5.41, 5.74) is 3.35. The molecule has 0 saturated heterocycles. The van der Waals surface area contributed by atoms with E-state index in [1.165, 1.54) is 0 Å². The van der Waals surface area contributed by atoms with Crippen LogP contribution in [0.3, 0.4) is 0 Å². The molecule has 0 aliphatic heterocycles. The Balaban J connectivity index is 2.50. The molecule has 1 aromatic rings. The van der Waals surface area contributed by atoms with Crippen molar-refractivity contribution in [3.8, 4) is 5.75 Å². The van der Waals surface area contributed by atoms with Crippen LogP contribution < -0.4 is 4.74 Å². The van der Waals surface area contributed by atoms with E-state index in [0.717, 1.165) is 28.9 Å². The van der Waals surface area contributed by atoms with Crippen LogP contribution in [0.1, 0.15) is 32.8 Å². The summed E-state index contributed by atoms with van der Waals surface area (Å²) < 4.78 is 5.95. The first-order valence-electron chi connectivity index (χ1n) is 7.17. The largest absolute Gasteiger partial charge is 0.490 e. The van der Waals surface area contributed by atoms with E-state index in [2.05, 4.69) is 46.9 Å². The van der Waals surface area contributed by atoms with Crippen LogP contribution in [-0.4, -0.2) is 6.10 Å². The summed E-state index contributed by atoms with van der Waals surface area (Å²) in [6.45, 7) is 16.5. The van der Waals surface area contributed by atoms with Gasteiger partial charge in [0.25, 0.3) is 0 Å². The van der Waals surface area contributed by atoms with E-state index in [-0.39, 0.29) is 6.10 Å². The Morgan fingerprint density at radius 2 is 1.80 bits per heavy atom. The summed E-state index contributed by atoms with van der Waals surface area (Å²) in [6.07, 6.45) is 5.02. The molecule has 108 valence electrons. The lowest BCUT2D eigenvalue weighted by Crippen LogP contribution is -2.12. The number of aryl methyl sites for hydroxylation is 1. The van der Waals surface area contributed by atoms with Crippen LogP contribution in [0.25, 0.3) is 0 Å². The van der Waals surface area contributed by atoms with E-state index in [1.54, 1.807) is 0 Å². The SMILES string of the molecule is C=C(C=CC(=C)C(C)C)CC(C)Oc1ccccc1C. The minimum absolute atomic E-state index is 0.112. The van der Waals surface area contributed by atoms with Gasteiger partial charge in [-0.2, -0.15) is 0 Å². The number of para-hydroxylation sites is 1. The summed E-state index contributed by atoms with van der Waals surface area (Å²) in [5, 5.41) is 0. The molecule has 0 N–H and O–H groups in total. The average Bonchev–Trinajstić information content (AvgIpc) is 2.38. The molecule has 0 saturated carbocycles. The molecule has 1 unspecified atom stereocenters. The molecular weight excluding hydrogens is 244 g/mol. The van der Waals surface area contributed by atoms with Crippen molar-refractivity contribution in [1.29, 1.82) is 0 Å². The van der Waals surface area contributed by atoms with Crippen molar-refractivity contribution in [3.05, 3.63) is 66.3 Å². The van der Waals surface area contributed by atoms with Crippen molar-refractivity contribution < 1.29 is 4.74 Å². The van der Waals surface area contributed by atoms with Crippen LogP contribution in [-0.2, 0) is 0 Å². The highest BCUT2D eigenvalue weighted by Gasteiger charge is 2.06. The summed E-state index contributed by atoms with van der Waals surface area (Å²) in [6, 6.07) is 8.08. The average molecular weight is 270 g/mol. The number of ether oxygens (including phenoxy) is 1. The molecule has 0 radical (unpaired) electrons. The van der Waals surface area contributed by atoms with Crippen molar-refractivity contribution >= 4 is 0 Å². The number of rotatable bonds is 7. The van der Waals surface area contributed by atoms with Crippen molar-refractivity contribution in [2.75, 3.05) is 0 Å². The van der Waals surface area contributed by atoms with Crippen molar-refractivity contribution in [2.45, 2.75) is 40.2 Å². The Labute approximate surface area is 123 Å². The third-order valence-electron chi connectivity index (χ3n) is 3.25. The molecule has 20 heavy (non-hydrogen) atoms. The van der Waals surface area contributed by atoms with Crippen LogP contribution in [0.15, 0.2) is 60.7 Å². The highest BCUT2D eigenvalue weighted by Crippen LogP contribution is 2.20. The molecule has 0 bridgehead atoms. The van der Waals surface area contributed by atoms with Crippen LogP contribution in [0, 0.1) is 12.8 Å². The number of hydrogen-bond acceptors (Lipinski definition) is 1. The Kier molecular flexibility index (Phi) is 6.30. The van der Waals surface area contributed by atoms with Crippen LogP contribution >= 0.6 is 0 Å². The minimum Gasteiger partial charge on any atom is -0.490 e. The molecule has 0 heterocycles. The maximum absolute atomic E-state index is 5.95. The van der Waals surface area contributed by atoms with Gasteiger partial charge in [0.1, 0.15) is 5.75 Å². The van der Waals surface area contributed by atoms with Gasteiger partial charge >= 0.3 is 0 Å². The predicted molar refractivity (Wildman–Crippen MR) is 88.1 cm³/mol. The van der Waals surface area contributed by atoms with Gasteiger partial charge in [-0.3, -0.25) is 0 Å². The van der Waals surface area contributed by atoms with Crippen molar-refractivity contribution in [1.82, 2.24) is 0 Å². The quantitative estimate of drug-likeness (QED) is 0.596. The zero-order valence-electron chi connectivity index (χ0n) is 13.1. The highest BCUT2D eigenvalue weighted by atomic mass is 16.5. The van der Waals surface area contributed by atoms with Crippen LogP contribution in [0.2, 0.25) is 0 Å². The fourth-order valence-corrected chi connectivity index (χ4v) is 1.80. The predicted octanol–water partition coefficient (Wildman–Crippen LogP) is 5.48. The molecule has 1 atom stereocenters. The van der Waals surface area contributed by atoms with Gasteiger partial charge in [0.05, 0.1) is 6.10 Å². The first-order chi connectivity index (χ1) is 9.40. The molecule has 0 aromatic heterocycles. The van der Waals surface area contributed by atoms with E-state index in [9.17, 15) is 0 Å². The minimum atomic E-state index is 0.112. The Morgan fingerprint density at radius 3 is 2.40 bits per heavy atom. The zero-order valence-corrected chi connectivity index (χ0v) is 13.1. The first kappa shape index (κ1) is 16.3. The molecule has 1 aromatic carbocycles. The first-order valence-corrected chi connectivity index (χ1v) is 7.17. The van der Waals surface area contributed by atoms with Crippen molar-refractivity contribution in [3.63, 3.8) is 0 Å². The third-order valence-corrected chi connectivity index (χ3v) is 3.25. The van der Waals surface area contributed by atoms with Gasteiger partial charge in [0.15, 0.2) is 0 Å². The monoisotopic (exact) mass is 270 g/mol. The molecule has 0 aliphatic rings. The standard InChI is InChI=1S/C19H26O/c1-14(2)16(4)12-11-15(3)13-18(6)20-19-10-8-7-9-17(19)5/h7-12,14,18H,3-4,13H2,1-2,5-6H3. The van der Waals surface area contributed by atoms with Gasteiger partial charge in [0.2, 0.25) is 0 Å². The summed E-state index contributed by atoms with van der Waals surface area (Å²) in [7, 11) is 0. The maximum Gasteiger partial charge on any atom is 0.122 e. The van der Waals surface area contributed by atoms with E-state index in [1.807, 2.05) is 30.4 Å². The van der Waals surface area contributed by atoms with Gasteiger partial charge in [-0.15, -0.1) is 0 Å². The highest BCUT2D eigenvalue weighted by molar-refractivity contribution is 5.32. The molecule has 1 nitrogen and oxygen atoms in total. The molecule has 0 amide bonds. The fourth-order valence-electron chi connectivity index (χ4n) is 1.80. The lowest BCUT2D eigenvalue weighted by Gasteiger charge is -2.16. The second-order valence-corrected chi connectivity index (χ2v) is 5.62.